The molecule has 144 valence electrons. The summed E-state index contributed by atoms with van der Waals surface area (Å²) in [5.41, 5.74) is 0.719. The molecule has 1 aliphatic rings. The summed E-state index contributed by atoms with van der Waals surface area (Å²) >= 11 is 0. The third kappa shape index (κ3) is 3.50. The molecule has 0 bridgehead atoms. The molecule has 7 heteroatoms. The highest BCUT2D eigenvalue weighted by molar-refractivity contribution is 6.96. The first-order chi connectivity index (χ1) is 11.6. The molecule has 0 heterocycles. The average Bonchev–Trinajstić information content (AvgIpc) is 2.69. The van der Waals surface area contributed by atoms with Crippen molar-refractivity contribution in [3.63, 3.8) is 0 Å². The van der Waals surface area contributed by atoms with Crippen LogP contribution in [-0.4, -0.2) is 8.07 Å². The van der Waals surface area contributed by atoms with Gasteiger partial charge in [-0.3, -0.25) is 0 Å². The second kappa shape index (κ2) is 6.29. The molecule has 1 unspecified atom stereocenters. The van der Waals surface area contributed by atoms with Crippen LogP contribution < -0.4 is 5.19 Å². The van der Waals surface area contributed by atoms with Crippen molar-refractivity contribution in [2.24, 2.45) is 5.92 Å². The van der Waals surface area contributed by atoms with Crippen LogP contribution in [0.15, 0.2) is 40.1 Å². The molecule has 0 nitrogen and oxygen atoms in total. The molecule has 0 saturated heterocycles. The van der Waals surface area contributed by atoms with Gasteiger partial charge in [-0.25, -0.2) is 0 Å². The van der Waals surface area contributed by atoms with Gasteiger partial charge < -0.3 is 0 Å². The molecule has 1 aromatic carbocycles. The van der Waals surface area contributed by atoms with Crippen LogP contribution in [0, 0.1) is 5.92 Å². The van der Waals surface area contributed by atoms with Crippen LogP contribution in [0.2, 0.25) is 13.1 Å². The van der Waals surface area contributed by atoms with E-state index in [1.165, 1.54) is 0 Å². The quantitative estimate of drug-likeness (QED) is 0.399. The molecule has 0 saturated carbocycles. The molecule has 0 spiro atoms. The Balaban J connectivity index is 2.71. The van der Waals surface area contributed by atoms with Gasteiger partial charge in [0.2, 0.25) is 0 Å². The summed E-state index contributed by atoms with van der Waals surface area (Å²) < 4.78 is 79.2. The van der Waals surface area contributed by atoms with E-state index in [0.29, 0.717) is 0 Å². The van der Waals surface area contributed by atoms with E-state index in [2.05, 4.69) is 0 Å². The first-order valence-corrected chi connectivity index (χ1v) is 11.3. The lowest BCUT2D eigenvalue weighted by atomic mass is 10.1. The highest BCUT2D eigenvalue weighted by atomic mass is 28.3. The van der Waals surface area contributed by atoms with Crippen molar-refractivity contribution < 1.29 is 26.3 Å². The predicted molar refractivity (Wildman–Crippen MR) is 93.8 cm³/mol. The summed E-state index contributed by atoms with van der Waals surface area (Å²) in [4.78, 5) is 0. The number of hydrogen-bond acceptors (Lipinski definition) is 0. The summed E-state index contributed by atoms with van der Waals surface area (Å²) in [6.45, 7) is 11.4. The van der Waals surface area contributed by atoms with E-state index in [1.54, 1.807) is 0 Å². The zero-order valence-corrected chi connectivity index (χ0v) is 16.6. The van der Waals surface area contributed by atoms with Crippen LogP contribution in [0.3, 0.4) is 0 Å². The fourth-order valence-electron chi connectivity index (χ4n) is 3.85. The Labute approximate surface area is 150 Å². The van der Waals surface area contributed by atoms with Crippen LogP contribution in [0.5, 0.6) is 0 Å². The Kier molecular flexibility index (Phi) is 5.03. The number of rotatable bonds is 2. The van der Waals surface area contributed by atoms with E-state index < -0.39 is 31.6 Å². The lowest BCUT2D eigenvalue weighted by Crippen LogP contribution is -2.46. The second-order valence-electron chi connectivity index (χ2n) is 7.49. The number of halogens is 6. The maximum Gasteiger partial charge on any atom is 0.416 e. The van der Waals surface area contributed by atoms with Gasteiger partial charge in [0.15, 0.2) is 0 Å². The molecule has 1 aliphatic carbocycles. The van der Waals surface area contributed by atoms with E-state index in [1.807, 2.05) is 40.8 Å². The highest BCUT2D eigenvalue weighted by Gasteiger charge is 2.42. The Bertz CT molecular complexity index is 761. The van der Waals surface area contributed by atoms with Gasteiger partial charge in [0.25, 0.3) is 0 Å². The van der Waals surface area contributed by atoms with Crippen LogP contribution >= 0.6 is 0 Å². The fraction of sp³-hybridized carbons (Fsp3) is 0.474. The van der Waals surface area contributed by atoms with Crippen molar-refractivity contribution in [2.75, 3.05) is 0 Å². The third-order valence-electron chi connectivity index (χ3n) is 5.62. The Hall–Kier alpha value is -1.50. The third-order valence-corrected chi connectivity index (χ3v) is 9.51. The monoisotopic (exact) mass is 392 g/mol. The molecule has 0 radical (unpaired) electrons. The van der Waals surface area contributed by atoms with Crippen molar-refractivity contribution in [1.82, 2.24) is 0 Å². The first kappa shape index (κ1) is 20.8. The van der Waals surface area contributed by atoms with Crippen molar-refractivity contribution in [3.8, 4) is 0 Å². The van der Waals surface area contributed by atoms with Gasteiger partial charge in [-0.2, -0.15) is 26.3 Å². The van der Waals surface area contributed by atoms with Gasteiger partial charge in [-0.15, -0.1) is 0 Å². The van der Waals surface area contributed by atoms with Gasteiger partial charge in [0, 0.05) is 0 Å². The maximum absolute atomic E-state index is 13.2. The summed E-state index contributed by atoms with van der Waals surface area (Å²) in [6, 6.07) is 2.00. The molecular formula is C19H22F6Si. The molecule has 2 rings (SSSR count). The summed E-state index contributed by atoms with van der Waals surface area (Å²) in [7, 11) is -2.74. The van der Waals surface area contributed by atoms with E-state index in [9.17, 15) is 26.3 Å². The minimum absolute atomic E-state index is 0.0283. The normalized spacial score (nSPS) is 19.6. The van der Waals surface area contributed by atoms with Gasteiger partial charge in [0.1, 0.15) is 8.07 Å². The Morgan fingerprint density at radius 3 is 1.50 bits per heavy atom. The summed E-state index contributed by atoms with van der Waals surface area (Å²) in [5, 5.41) is 1.16. The van der Waals surface area contributed by atoms with Crippen molar-refractivity contribution >= 4 is 13.3 Å². The fourth-order valence-corrected chi connectivity index (χ4v) is 7.61. The largest absolute Gasteiger partial charge is 0.416 e. The minimum Gasteiger partial charge on any atom is -0.166 e. The smallest absolute Gasteiger partial charge is 0.166 e. The topological polar surface area (TPSA) is 0 Å². The van der Waals surface area contributed by atoms with Crippen LogP contribution in [0.4, 0.5) is 26.3 Å². The van der Waals surface area contributed by atoms with Gasteiger partial charge in [-0.05, 0) is 38.3 Å². The SMILES string of the molecule is CC1=C(C)C(C)C([Si](C)(C)c2cc(C(F)(F)F)cc(C(F)(F)F)c2)=C1C. The van der Waals surface area contributed by atoms with Crippen LogP contribution in [0.25, 0.3) is 0 Å². The second-order valence-corrected chi connectivity index (χ2v) is 11.9. The summed E-state index contributed by atoms with van der Waals surface area (Å²) in [5.74, 6) is 0.0283. The van der Waals surface area contributed by atoms with Crippen molar-refractivity contribution in [2.45, 2.75) is 53.1 Å². The lowest BCUT2D eigenvalue weighted by Gasteiger charge is -2.31. The molecule has 0 aliphatic heterocycles. The van der Waals surface area contributed by atoms with Crippen LogP contribution in [-0.2, 0) is 12.4 Å². The highest BCUT2D eigenvalue weighted by Crippen LogP contribution is 2.42. The lowest BCUT2D eigenvalue weighted by molar-refractivity contribution is -0.142. The van der Waals surface area contributed by atoms with Gasteiger partial charge in [-0.1, -0.05) is 53.7 Å². The van der Waals surface area contributed by atoms with Crippen LogP contribution in [0.1, 0.15) is 38.8 Å². The number of hydrogen-bond donors (Lipinski definition) is 0. The molecule has 0 N–H and O–H groups in total. The van der Waals surface area contributed by atoms with Gasteiger partial charge in [0.05, 0.1) is 11.1 Å². The first-order valence-electron chi connectivity index (χ1n) is 8.27. The van der Waals surface area contributed by atoms with Crippen molar-refractivity contribution in [1.29, 1.82) is 0 Å². The number of alkyl halides is 6. The number of benzene rings is 1. The number of allylic oxidation sites excluding steroid dienone is 4. The van der Waals surface area contributed by atoms with Crippen molar-refractivity contribution in [3.05, 3.63) is 51.2 Å². The Morgan fingerprint density at radius 1 is 0.769 bits per heavy atom. The molecule has 1 atom stereocenters. The zero-order chi connectivity index (χ0) is 20.2. The van der Waals surface area contributed by atoms with E-state index >= 15 is 0 Å². The molecule has 0 amide bonds. The van der Waals surface area contributed by atoms with Gasteiger partial charge >= 0.3 is 12.4 Å². The standard InChI is InChI=1S/C19H22F6Si/c1-10-11(2)13(4)17(12(10)3)26(5,6)16-8-14(18(20,21)22)7-15(9-16)19(23,24)25/h7-9,12H,1-6H3. The molecule has 1 aromatic rings. The van der Waals surface area contributed by atoms with E-state index in [4.69, 9.17) is 0 Å². The summed E-state index contributed by atoms with van der Waals surface area (Å²) in [6.07, 6.45) is -9.65. The zero-order valence-electron chi connectivity index (χ0n) is 15.6. The molecular weight excluding hydrogens is 370 g/mol. The Morgan fingerprint density at radius 2 is 1.19 bits per heavy atom. The van der Waals surface area contributed by atoms with E-state index in [-0.39, 0.29) is 17.2 Å². The van der Waals surface area contributed by atoms with E-state index in [0.717, 1.165) is 34.0 Å². The average molecular weight is 392 g/mol. The molecule has 26 heavy (non-hydrogen) atoms. The minimum atomic E-state index is -4.82. The maximum atomic E-state index is 13.2. The molecule has 0 aromatic heterocycles. The molecule has 0 fully saturated rings. The predicted octanol–water partition coefficient (Wildman–Crippen LogP) is 6.48.